The average Bonchev–Trinajstić information content (AvgIpc) is 2.86. The van der Waals surface area contributed by atoms with Crippen LogP contribution in [0.2, 0.25) is 5.02 Å². The van der Waals surface area contributed by atoms with E-state index in [1.54, 1.807) is 0 Å². The van der Waals surface area contributed by atoms with Crippen molar-refractivity contribution in [2.24, 2.45) is 0 Å². The Morgan fingerprint density at radius 1 is 1.59 bits per heavy atom. The second-order valence-electron chi connectivity index (χ2n) is 5.73. The predicted octanol–water partition coefficient (Wildman–Crippen LogP) is 4.54. The summed E-state index contributed by atoms with van der Waals surface area (Å²) in [6.45, 7) is 4.46. The molecule has 0 aliphatic carbocycles. The Kier molecular flexibility index (Phi) is 4.00. The third-order valence-electron chi connectivity index (χ3n) is 4.45. The van der Waals surface area contributed by atoms with E-state index >= 15 is 0 Å². The number of halogens is 2. The van der Waals surface area contributed by atoms with Crippen molar-refractivity contribution in [2.75, 3.05) is 6.61 Å². The standard InChI is InChI=1S/C16H17BrClNO3/c1-3-16(7-11(20)21)15-9(4-5-22-16)12-13(17)8(2)6-10(18)14(12)19-15/h6,19H,3-5,7H2,1-2H3,(H,20,21). The molecule has 1 aliphatic rings. The highest BCUT2D eigenvalue weighted by atomic mass is 79.9. The van der Waals surface area contributed by atoms with Crippen LogP contribution in [0, 0.1) is 6.92 Å². The molecule has 6 heteroatoms. The molecule has 2 heterocycles. The number of aryl methyl sites for hydroxylation is 1. The van der Waals surface area contributed by atoms with Crippen LogP contribution >= 0.6 is 27.5 Å². The van der Waals surface area contributed by atoms with Gasteiger partial charge in [-0.1, -0.05) is 18.5 Å². The van der Waals surface area contributed by atoms with E-state index in [4.69, 9.17) is 16.3 Å². The number of fused-ring (bicyclic) bond motifs is 3. The van der Waals surface area contributed by atoms with Gasteiger partial charge < -0.3 is 14.8 Å². The highest BCUT2D eigenvalue weighted by molar-refractivity contribution is 9.10. The number of carboxylic acids is 1. The summed E-state index contributed by atoms with van der Waals surface area (Å²) in [6, 6.07) is 1.90. The van der Waals surface area contributed by atoms with Crippen molar-refractivity contribution in [1.29, 1.82) is 0 Å². The molecule has 1 unspecified atom stereocenters. The second-order valence-corrected chi connectivity index (χ2v) is 6.93. The first kappa shape index (κ1) is 15.8. The third-order valence-corrected chi connectivity index (χ3v) is 5.77. The molecule has 1 aromatic carbocycles. The number of hydrogen-bond donors (Lipinski definition) is 2. The zero-order valence-electron chi connectivity index (χ0n) is 12.4. The van der Waals surface area contributed by atoms with Crippen LogP contribution in [0.1, 0.15) is 36.6 Å². The van der Waals surface area contributed by atoms with Crippen LogP contribution in [0.4, 0.5) is 0 Å². The molecule has 2 N–H and O–H groups in total. The summed E-state index contributed by atoms with van der Waals surface area (Å²) in [5.74, 6) is -0.866. The van der Waals surface area contributed by atoms with Crippen LogP contribution < -0.4 is 0 Å². The summed E-state index contributed by atoms with van der Waals surface area (Å²) in [5.41, 5.74) is 3.06. The highest BCUT2D eigenvalue weighted by Crippen LogP contribution is 2.45. The van der Waals surface area contributed by atoms with Crippen molar-refractivity contribution in [3.63, 3.8) is 0 Å². The number of nitrogens with one attached hydrogen (secondary N) is 1. The number of H-pyrrole nitrogens is 1. The van der Waals surface area contributed by atoms with E-state index in [2.05, 4.69) is 20.9 Å². The molecule has 0 saturated heterocycles. The van der Waals surface area contributed by atoms with Gasteiger partial charge in [-0.3, -0.25) is 4.79 Å². The Labute approximate surface area is 141 Å². The van der Waals surface area contributed by atoms with Gasteiger partial charge in [-0.25, -0.2) is 0 Å². The number of carboxylic acid groups (broad SMARTS) is 1. The summed E-state index contributed by atoms with van der Waals surface area (Å²) < 4.78 is 6.93. The van der Waals surface area contributed by atoms with Crippen LogP contribution in [0.3, 0.4) is 0 Å². The Hall–Kier alpha value is -1.04. The van der Waals surface area contributed by atoms with Crippen molar-refractivity contribution >= 4 is 44.4 Å². The van der Waals surface area contributed by atoms with Gasteiger partial charge in [0.2, 0.25) is 0 Å². The maximum absolute atomic E-state index is 11.3. The lowest BCUT2D eigenvalue weighted by Gasteiger charge is -2.35. The molecule has 4 nitrogen and oxygen atoms in total. The zero-order chi connectivity index (χ0) is 16.1. The Morgan fingerprint density at radius 3 is 2.95 bits per heavy atom. The monoisotopic (exact) mass is 385 g/mol. The quantitative estimate of drug-likeness (QED) is 0.814. The van der Waals surface area contributed by atoms with Crippen LogP contribution in [0.5, 0.6) is 0 Å². The number of aromatic nitrogens is 1. The Bertz CT molecular complexity index is 771. The number of ether oxygens (including phenoxy) is 1. The molecule has 0 bridgehead atoms. The first-order chi connectivity index (χ1) is 10.4. The minimum atomic E-state index is -0.866. The van der Waals surface area contributed by atoms with Crippen molar-refractivity contribution in [1.82, 2.24) is 4.98 Å². The van der Waals surface area contributed by atoms with Crippen molar-refractivity contribution < 1.29 is 14.6 Å². The summed E-state index contributed by atoms with van der Waals surface area (Å²) in [4.78, 5) is 14.7. The fraction of sp³-hybridized carbons (Fsp3) is 0.438. The minimum Gasteiger partial charge on any atom is -0.481 e. The molecular formula is C16H17BrClNO3. The Balaban J connectivity index is 2.32. The molecule has 3 rings (SSSR count). The number of carbonyl (C=O) groups is 1. The normalized spacial score (nSPS) is 21.1. The molecule has 1 aromatic heterocycles. The lowest BCUT2D eigenvalue weighted by Crippen LogP contribution is -2.37. The number of benzene rings is 1. The molecule has 0 saturated carbocycles. The fourth-order valence-electron chi connectivity index (χ4n) is 3.33. The van der Waals surface area contributed by atoms with Gasteiger partial charge in [0, 0.05) is 9.86 Å². The molecule has 118 valence electrons. The van der Waals surface area contributed by atoms with Gasteiger partial charge in [0.05, 0.1) is 29.3 Å². The van der Waals surface area contributed by atoms with E-state index in [0.717, 1.165) is 38.6 Å². The maximum atomic E-state index is 11.3. The van der Waals surface area contributed by atoms with E-state index < -0.39 is 11.6 Å². The van der Waals surface area contributed by atoms with Crippen molar-refractivity contribution in [3.8, 4) is 0 Å². The zero-order valence-corrected chi connectivity index (χ0v) is 14.8. The molecule has 1 aliphatic heterocycles. The molecule has 22 heavy (non-hydrogen) atoms. The van der Waals surface area contributed by atoms with Crippen molar-refractivity contribution in [2.45, 2.75) is 38.7 Å². The summed E-state index contributed by atoms with van der Waals surface area (Å²) in [5, 5.41) is 11.0. The van der Waals surface area contributed by atoms with Crippen LogP contribution in [-0.4, -0.2) is 22.7 Å². The van der Waals surface area contributed by atoms with E-state index in [1.165, 1.54) is 0 Å². The maximum Gasteiger partial charge on any atom is 0.306 e. The van der Waals surface area contributed by atoms with Gasteiger partial charge in [-0.05, 0) is 52.9 Å². The number of hydrogen-bond acceptors (Lipinski definition) is 2. The van der Waals surface area contributed by atoms with Crippen LogP contribution in [0.25, 0.3) is 10.9 Å². The molecule has 0 amide bonds. The largest absolute Gasteiger partial charge is 0.481 e. The van der Waals surface area contributed by atoms with Gasteiger partial charge in [0.1, 0.15) is 5.60 Å². The lowest BCUT2D eigenvalue weighted by molar-refractivity contribution is -0.148. The summed E-state index contributed by atoms with van der Waals surface area (Å²) >= 11 is 10.0. The lowest BCUT2D eigenvalue weighted by atomic mass is 9.86. The SMILES string of the molecule is CCC1(CC(=O)O)OCCc2c1[nH]c1c(Cl)cc(C)c(Br)c21. The van der Waals surface area contributed by atoms with E-state index in [1.807, 2.05) is 19.9 Å². The highest BCUT2D eigenvalue weighted by Gasteiger charge is 2.41. The average molecular weight is 387 g/mol. The molecule has 1 atom stereocenters. The van der Waals surface area contributed by atoms with Gasteiger partial charge in [0.15, 0.2) is 0 Å². The molecule has 2 aromatic rings. The predicted molar refractivity (Wildman–Crippen MR) is 89.6 cm³/mol. The van der Waals surface area contributed by atoms with Gasteiger partial charge >= 0.3 is 5.97 Å². The number of aliphatic carboxylic acids is 1. The molecule has 0 radical (unpaired) electrons. The van der Waals surface area contributed by atoms with Gasteiger partial charge in [-0.15, -0.1) is 0 Å². The summed E-state index contributed by atoms with van der Waals surface area (Å²) in [7, 11) is 0. The van der Waals surface area contributed by atoms with E-state index in [-0.39, 0.29) is 6.42 Å². The first-order valence-electron chi connectivity index (χ1n) is 7.25. The van der Waals surface area contributed by atoms with Crippen molar-refractivity contribution in [3.05, 3.63) is 32.4 Å². The molecule has 0 fully saturated rings. The minimum absolute atomic E-state index is 0.0580. The molecular weight excluding hydrogens is 370 g/mol. The third kappa shape index (κ3) is 2.27. The number of rotatable bonds is 3. The smallest absolute Gasteiger partial charge is 0.306 e. The summed E-state index contributed by atoms with van der Waals surface area (Å²) in [6.07, 6.45) is 1.28. The van der Waals surface area contributed by atoms with E-state index in [0.29, 0.717) is 18.1 Å². The second kappa shape index (κ2) is 5.55. The van der Waals surface area contributed by atoms with Crippen LogP contribution in [0.15, 0.2) is 10.5 Å². The van der Waals surface area contributed by atoms with Gasteiger partial charge in [0.25, 0.3) is 0 Å². The van der Waals surface area contributed by atoms with Crippen LogP contribution in [-0.2, 0) is 21.6 Å². The molecule has 0 spiro atoms. The fourth-order valence-corrected chi connectivity index (χ4v) is 4.19. The van der Waals surface area contributed by atoms with E-state index in [9.17, 15) is 9.90 Å². The Morgan fingerprint density at radius 2 is 2.32 bits per heavy atom. The first-order valence-corrected chi connectivity index (χ1v) is 8.42. The topological polar surface area (TPSA) is 62.3 Å². The van der Waals surface area contributed by atoms with Gasteiger partial charge in [-0.2, -0.15) is 0 Å². The number of aromatic amines is 1.